The number of carboxylic acid groups (broad SMARTS) is 1. The Hall–Kier alpha value is -0.810. The Morgan fingerprint density at radius 1 is 1.54 bits per heavy atom. The summed E-state index contributed by atoms with van der Waals surface area (Å²) in [6.07, 6.45) is 1.33. The summed E-state index contributed by atoms with van der Waals surface area (Å²) in [6.45, 7) is 0. The van der Waals surface area contributed by atoms with E-state index in [9.17, 15) is 4.79 Å². The van der Waals surface area contributed by atoms with Gasteiger partial charge in [0.1, 0.15) is 0 Å². The van der Waals surface area contributed by atoms with Gasteiger partial charge in [-0.05, 0) is 19.3 Å². The van der Waals surface area contributed by atoms with Crippen molar-refractivity contribution in [3.63, 3.8) is 0 Å². The van der Waals surface area contributed by atoms with Gasteiger partial charge in [0.05, 0.1) is 6.10 Å². The Labute approximate surface area is 77.2 Å². The lowest BCUT2D eigenvalue weighted by Crippen LogP contribution is -2.46. The minimum Gasteiger partial charge on any atom is -0.465 e. The lowest BCUT2D eigenvalue weighted by molar-refractivity contribution is 0.0521. The molecule has 0 spiro atoms. The van der Waals surface area contributed by atoms with Gasteiger partial charge in [0.15, 0.2) is 0 Å². The molecule has 4 N–H and O–H groups in total. The molecule has 0 saturated heterocycles. The van der Waals surface area contributed by atoms with Crippen LogP contribution >= 0.6 is 0 Å². The molecule has 0 radical (unpaired) electrons. The number of methoxy groups -OCH3 is 1. The molecule has 1 aliphatic rings. The Kier molecular flexibility index (Phi) is 3.50. The highest BCUT2D eigenvalue weighted by Crippen LogP contribution is 2.19. The fraction of sp³-hybridized carbons (Fsp3) is 0.875. The van der Waals surface area contributed by atoms with Gasteiger partial charge in [-0.3, -0.25) is 0 Å². The van der Waals surface area contributed by atoms with Gasteiger partial charge >= 0.3 is 6.09 Å². The number of rotatable bonds is 2. The average Bonchev–Trinajstić information content (AvgIpc) is 2.01. The largest absolute Gasteiger partial charge is 0.465 e. The van der Waals surface area contributed by atoms with Crippen LogP contribution in [0.3, 0.4) is 0 Å². The number of hydrogen-bond donors (Lipinski definition) is 3. The smallest absolute Gasteiger partial charge is 0.404 e. The van der Waals surface area contributed by atoms with Crippen molar-refractivity contribution in [2.75, 3.05) is 7.11 Å². The van der Waals surface area contributed by atoms with E-state index in [0.29, 0.717) is 6.42 Å². The maximum absolute atomic E-state index is 10.4. The highest BCUT2D eigenvalue weighted by Gasteiger charge is 2.27. The van der Waals surface area contributed by atoms with E-state index in [1.807, 2.05) is 0 Å². The molecule has 76 valence electrons. The molecule has 1 aliphatic carbocycles. The third-order valence-electron chi connectivity index (χ3n) is 2.36. The predicted octanol–water partition coefficient (Wildman–Crippen LogP) is 0.149. The topological polar surface area (TPSA) is 84.6 Å². The van der Waals surface area contributed by atoms with E-state index in [1.165, 1.54) is 0 Å². The van der Waals surface area contributed by atoms with Crippen molar-refractivity contribution in [3.05, 3.63) is 0 Å². The second-order valence-electron chi connectivity index (χ2n) is 3.47. The number of hydrogen-bond acceptors (Lipinski definition) is 3. The first-order valence-electron chi connectivity index (χ1n) is 4.39. The molecule has 0 aromatic carbocycles. The summed E-state index contributed by atoms with van der Waals surface area (Å²) >= 11 is 0. The van der Waals surface area contributed by atoms with Gasteiger partial charge in [-0.2, -0.15) is 0 Å². The quantitative estimate of drug-likeness (QED) is 0.576. The van der Waals surface area contributed by atoms with Gasteiger partial charge in [-0.15, -0.1) is 0 Å². The lowest BCUT2D eigenvalue weighted by atomic mass is 9.89. The van der Waals surface area contributed by atoms with E-state index in [1.54, 1.807) is 7.11 Å². The first-order chi connectivity index (χ1) is 6.11. The summed E-state index contributed by atoms with van der Waals surface area (Å²) in [5.41, 5.74) is 5.75. The van der Waals surface area contributed by atoms with Crippen molar-refractivity contribution >= 4 is 6.09 Å². The number of ether oxygens (including phenoxy) is 1. The Morgan fingerprint density at radius 2 is 2.23 bits per heavy atom. The van der Waals surface area contributed by atoms with Gasteiger partial charge in [-0.1, -0.05) is 0 Å². The molecule has 1 amide bonds. The van der Waals surface area contributed by atoms with Crippen LogP contribution in [0.5, 0.6) is 0 Å². The van der Waals surface area contributed by atoms with Crippen LogP contribution in [0.1, 0.15) is 19.3 Å². The Morgan fingerprint density at radius 3 is 2.77 bits per heavy atom. The number of nitrogens with two attached hydrogens (primary N) is 1. The molecular formula is C8H16N2O3. The molecule has 5 heteroatoms. The van der Waals surface area contributed by atoms with Crippen LogP contribution in [0.2, 0.25) is 0 Å². The highest BCUT2D eigenvalue weighted by molar-refractivity contribution is 5.64. The summed E-state index contributed by atoms with van der Waals surface area (Å²) in [6, 6.07) is -0.0262. The van der Waals surface area contributed by atoms with Gasteiger partial charge in [0.2, 0.25) is 0 Å². The SMILES string of the molecule is CO[C@H]1C[C@@H](N)C[C@@H](NC(=O)O)C1. The first-order valence-corrected chi connectivity index (χ1v) is 4.39. The molecule has 1 rings (SSSR count). The van der Waals surface area contributed by atoms with E-state index >= 15 is 0 Å². The molecule has 13 heavy (non-hydrogen) atoms. The maximum atomic E-state index is 10.4. The Balaban J connectivity index is 2.42. The van der Waals surface area contributed by atoms with Crippen molar-refractivity contribution in [2.45, 2.75) is 37.5 Å². The van der Waals surface area contributed by atoms with E-state index in [-0.39, 0.29) is 18.2 Å². The summed E-state index contributed by atoms with van der Waals surface area (Å²) in [5.74, 6) is 0. The molecule has 0 aromatic heterocycles. The second-order valence-corrected chi connectivity index (χ2v) is 3.47. The predicted molar refractivity (Wildman–Crippen MR) is 47.6 cm³/mol. The summed E-state index contributed by atoms with van der Waals surface area (Å²) < 4.78 is 5.16. The highest BCUT2D eigenvalue weighted by atomic mass is 16.5. The maximum Gasteiger partial charge on any atom is 0.404 e. The number of carbonyl (C=O) groups is 1. The first kappa shape index (κ1) is 10.3. The second kappa shape index (κ2) is 4.43. The van der Waals surface area contributed by atoms with Gasteiger partial charge in [0, 0.05) is 19.2 Å². The van der Waals surface area contributed by atoms with E-state index in [0.717, 1.165) is 12.8 Å². The molecule has 3 atom stereocenters. The molecule has 0 aromatic rings. The van der Waals surface area contributed by atoms with Crippen LogP contribution < -0.4 is 11.1 Å². The number of amides is 1. The Bertz CT molecular complexity index is 186. The van der Waals surface area contributed by atoms with Crippen molar-refractivity contribution < 1.29 is 14.6 Å². The zero-order valence-electron chi connectivity index (χ0n) is 7.69. The minimum absolute atomic E-state index is 0.0375. The summed E-state index contributed by atoms with van der Waals surface area (Å²) in [5, 5.41) is 11.0. The molecule has 0 heterocycles. The van der Waals surface area contributed by atoms with Gasteiger partial charge in [-0.25, -0.2) is 4.79 Å². The average molecular weight is 188 g/mol. The van der Waals surface area contributed by atoms with Crippen LogP contribution in [-0.2, 0) is 4.74 Å². The van der Waals surface area contributed by atoms with Crippen LogP contribution in [0.25, 0.3) is 0 Å². The fourth-order valence-electron chi connectivity index (χ4n) is 1.79. The lowest BCUT2D eigenvalue weighted by Gasteiger charge is -2.31. The van der Waals surface area contributed by atoms with Crippen LogP contribution in [0.4, 0.5) is 4.79 Å². The number of nitrogens with one attached hydrogen (secondary N) is 1. The third kappa shape index (κ3) is 3.20. The molecule has 0 aliphatic heterocycles. The van der Waals surface area contributed by atoms with Gasteiger partial charge in [0.25, 0.3) is 0 Å². The van der Waals surface area contributed by atoms with Crippen LogP contribution in [0.15, 0.2) is 0 Å². The molecule has 5 nitrogen and oxygen atoms in total. The van der Waals surface area contributed by atoms with E-state index in [4.69, 9.17) is 15.6 Å². The molecule has 0 bridgehead atoms. The van der Waals surface area contributed by atoms with Crippen molar-refractivity contribution in [3.8, 4) is 0 Å². The third-order valence-corrected chi connectivity index (χ3v) is 2.36. The molecule has 1 fully saturated rings. The van der Waals surface area contributed by atoms with Crippen molar-refractivity contribution in [1.82, 2.24) is 5.32 Å². The monoisotopic (exact) mass is 188 g/mol. The zero-order valence-corrected chi connectivity index (χ0v) is 7.69. The van der Waals surface area contributed by atoms with Crippen LogP contribution in [0, 0.1) is 0 Å². The summed E-state index contributed by atoms with van der Waals surface area (Å²) in [7, 11) is 1.63. The van der Waals surface area contributed by atoms with E-state index < -0.39 is 6.09 Å². The van der Waals surface area contributed by atoms with Gasteiger partial charge < -0.3 is 20.9 Å². The normalized spacial score (nSPS) is 34.2. The standard InChI is InChI=1S/C8H16N2O3/c1-13-7-3-5(9)2-6(4-7)10-8(11)12/h5-7,10H,2-4,9H2,1H3,(H,11,12)/t5-,6+,7-/m0/s1. The molecule has 0 unspecified atom stereocenters. The fourth-order valence-corrected chi connectivity index (χ4v) is 1.79. The van der Waals surface area contributed by atoms with Crippen molar-refractivity contribution in [2.24, 2.45) is 5.73 Å². The molecule has 1 saturated carbocycles. The van der Waals surface area contributed by atoms with Crippen LogP contribution in [-0.4, -0.2) is 36.5 Å². The molecular weight excluding hydrogens is 172 g/mol. The summed E-state index contributed by atoms with van der Waals surface area (Å²) in [4.78, 5) is 10.4. The minimum atomic E-state index is -0.992. The van der Waals surface area contributed by atoms with E-state index in [2.05, 4.69) is 5.32 Å². The zero-order chi connectivity index (χ0) is 9.84. The van der Waals surface area contributed by atoms with Crippen molar-refractivity contribution in [1.29, 1.82) is 0 Å².